The maximum atomic E-state index is 11.8. The van der Waals surface area contributed by atoms with E-state index in [9.17, 15) is 4.79 Å². The molecule has 128 valence electrons. The van der Waals surface area contributed by atoms with Crippen molar-refractivity contribution in [2.24, 2.45) is 0 Å². The van der Waals surface area contributed by atoms with Crippen LogP contribution in [-0.2, 0) is 11.3 Å². The molecule has 1 amide bonds. The summed E-state index contributed by atoms with van der Waals surface area (Å²) in [6, 6.07) is 14.5. The van der Waals surface area contributed by atoms with Crippen LogP contribution < -0.4 is 10.1 Å². The molecule has 0 fully saturated rings. The molecule has 0 radical (unpaired) electrons. The van der Waals surface area contributed by atoms with Gasteiger partial charge in [-0.05, 0) is 43.3 Å². The Hall–Kier alpha value is -2.86. The number of carbonyl (C=O) groups excluding carboxylic acids is 1. The quantitative estimate of drug-likeness (QED) is 0.731. The van der Waals surface area contributed by atoms with Gasteiger partial charge in [-0.1, -0.05) is 29.3 Å². The van der Waals surface area contributed by atoms with Gasteiger partial charge in [0, 0.05) is 10.6 Å². The Balaban J connectivity index is 1.50. The SMILES string of the molecule is Cc1cccc(-c2nnc(CNC(=O)COc3ccc(Cl)cc3)o2)c1. The van der Waals surface area contributed by atoms with Crippen molar-refractivity contribution in [1.29, 1.82) is 0 Å². The molecule has 0 atom stereocenters. The van der Waals surface area contributed by atoms with Crippen molar-refractivity contribution in [3.8, 4) is 17.2 Å². The van der Waals surface area contributed by atoms with Crippen molar-refractivity contribution < 1.29 is 13.9 Å². The maximum absolute atomic E-state index is 11.8. The largest absolute Gasteiger partial charge is 0.484 e. The lowest BCUT2D eigenvalue weighted by Gasteiger charge is -2.06. The van der Waals surface area contributed by atoms with Gasteiger partial charge in [-0.2, -0.15) is 0 Å². The molecule has 1 N–H and O–H groups in total. The van der Waals surface area contributed by atoms with E-state index < -0.39 is 0 Å². The van der Waals surface area contributed by atoms with Crippen molar-refractivity contribution in [1.82, 2.24) is 15.5 Å². The minimum atomic E-state index is -0.287. The third kappa shape index (κ3) is 4.81. The third-order valence-electron chi connectivity index (χ3n) is 3.35. The number of amides is 1. The van der Waals surface area contributed by atoms with E-state index in [1.54, 1.807) is 24.3 Å². The van der Waals surface area contributed by atoms with E-state index in [2.05, 4.69) is 15.5 Å². The van der Waals surface area contributed by atoms with E-state index in [4.69, 9.17) is 20.8 Å². The number of carbonyl (C=O) groups is 1. The predicted octanol–water partition coefficient (Wildman–Crippen LogP) is 3.39. The average molecular weight is 358 g/mol. The normalized spacial score (nSPS) is 10.5. The Morgan fingerprint density at radius 1 is 1.20 bits per heavy atom. The number of ether oxygens (including phenoxy) is 1. The highest BCUT2D eigenvalue weighted by Gasteiger charge is 2.10. The van der Waals surface area contributed by atoms with E-state index in [0.717, 1.165) is 11.1 Å². The van der Waals surface area contributed by atoms with Gasteiger partial charge in [-0.15, -0.1) is 10.2 Å². The van der Waals surface area contributed by atoms with Crippen molar-refractivity contribution in [2.45, 2.75) is 13.5 Å². The minimum absolute atomic E-state index is 0.111. The van der Waals surface area contributed by atoms with E-state index in [1.165, 1.54) is 0 Å². The lowest BCUT2D eigenvalue weighted by molar-refractivity contribution is -0.123. The number of nitrogens with one attached hydrogen (secondary N) is 1. The van der Waals surface area contributed by atoms with Crippen molar-refractivity contribution in [3.63, 3.8) is 0 Å². The number of benzene rings is 2. The molecule has 0 aliphatic rings. The molecule has 1 aromatic heterocycles. The summed E-state index contributed by atoms with van der Waals surface area (Å²) in [5.41, 5.74) is 1.95. The summed E-state index contributed by atoms with van der Waals surface area (Å²) in [5.74, 6) is 1.03. The van der Waals surface area contributed by atoms with Gasteiger partial charge in [0.1, 0.15) is 5.75 Å². The lowest BCUT2D eigenvalue weighted by Crippen LogP contribution is -2.28. The highest BCUT2D eigenvalue weighted by molar-refractivity contribution is 6.30. The molecule has 0 unspecified atom stereocenters. The summed E-state index contributed by atoms with van der Waals surface area (Å²) in [7, 11) is 0. The van der Waals surface area contributed by atoms with Gasteiger partial charge in [0.2, 0.25) is 11.8 Å². The first-order valence-electron chi connectivity index (χ1n) is 7.64. The van der Waals surface area contributed by atoms with Crippen molar-refractivity contribution >= 4 is 17.5 Å². The second-order valence-corrected chi connectivity index (χ2v) is 5.83. The van der Waals surface area contributed by atoms with Gasteiger partial charge < -0.3 is 14.5 Å². The van der Waals surface area contributed by atoms with Crippen LogP contribution in [0.15, 0.2) is 52.9 Å². The van der Waals surface area contributed by atoms with Crippen LogP contribution in [0.4, 0.5) is 0 Å². The molecule has 0 bridgehead atoms. The minimum Gasteiger partial charge on any atom is -0.484 e. The van der Waals surface area contributed by atoms with E-state index in [1.807, 2.05) is 31.2 Å². The second-order valence-electron chi connectivity index (χ2n) is 5.39. The molecule has 7 heteroatoms. The van der Waals surface area contributed by atoms with Crippen LogP contribution in [0, 0.1) is 6.92 Å². The third-order valence-corrected chi connectivity index (χ3v) is 3.60. The molecule has 0 aliphatic carbocycles. The van der Waals surface area contributed by atoms with Crippen LogP contribution >= 0.6 is 11.6 Å². The Bertz CT molecular complexity index is 862. The lowest BCUT2D eigenvalue weighted by atomic mass is 10.1. The highest BCUT2D eigenvalue weighted by Crippen LogP contribution is 2.18. The van der Waals surface area contributed by atoms with Gasteiger partial charge in [-0.3, -0.25) is 4.79 Å². The summed E-state index contributed by atoms with van der Waals surface area (Å²) >= 11 is 5.79. The smallest absolute Gasteiger partial charge is 0.258 e. The second kappa shape index (κ2) is 7.81. The molecule has 0 saturated carbocycles. The maximum Gasteiger partial charge on any atom is 0.258 e. The predicted molar refractivity (Wildman–Crippen MR) is 93.3 cm³/mol. The number of hydrogen-bond donors (Lipinski definition) is 1. The summed E-state index contributed by atoms with van der Waals surface area (Å²) in [5, 5.41) is 11.2. The zero-order chi connectivity index (χ0) is 17.6. The fourth-order valence-corrected chi connectivity index (χ4v) is 2.25. The first kappa shape index (κ1) is 17.0. The fourth-order valence-electron chi connectivity index (χ4n) is 2.12. The topological polar surface area (TPSA) is 77.2 Å². The first-order chi connectivity index (χ1) is 12.1. The molecule has 2 aromatic carbocycles. The zero-order valence-corrected chi connectivity index (χ0v) is 14.3. The molecule has 1 heterocycles. The summed E-state index contributed by atoms with van der Waals surface area (Å²) in [6.07, 6.45) is 0. The molecule has 25 heavy (non-hydrogen) atoms. The van der Waals surface area contributed by atoms with Crippen molar-refractivity contribution in [2.75, 3.05) is 6.61 Å². The Morgan fingerprint density at radius 3 is 2.76 bits per heavy atom. The van der Waals surface area contributed by atoms with Gasteiger partial charge in [0.25, 0.3) is 5.91 Å². The number of rotatable bonds is 6. The van der Waals surface area contributed by atoms with E-state index >= 15 is 0 Å². The zero-order valence-electron chi connectivity index (χ0n) is 13.5. The molecule has 3 rings (SSSR count). The number of halogens is 1. The van der Waals surface area contributed by atoms with Crippen LogP contribution in [0.5, 0.6) is 5.75 Å². The van der Waals surface area contributed by atoms with Crippen LogP contribution in [-0.4, -0.2) is 22.7 Å². The molecule has 6 nitrogen and oxygen atoms in total. The van der Waals surface area contributed by atoms with Gasteiger partial charge in [0.15, 0.2) is 6.61 Å². The number of nitrogens with zero attached hydrogens (tertiary/aromatic N) is 2. The summed E-state index contributed by atoms with van der Waals surface area (Å²) in [6.45, 7) is 2.02. The molecule has 0 spiro atoms. The van der Waals surface area contributed by atoms with Crippen LogP contribution in [0.25, 0.3) is 11.5 Å². The summed E-state index contributed by atoms with van der Waals surface area (Å²) in [4.78, 5) is 11.8. The van der Waals surface area contributed by atoms with Gasteiger partial charge in [0.05, 0.1) is 6.54 Å². The van der Waals surface area contributed by atoms with Crippen LogP contribution in [0.3, 0.4) is 0 Å². The Labute approximate surface area is 149 Å². The van der Waals surface area contributed by atoms with Crippen molar-refractivity contribution in [3.05, 3.63) is 65.0 Å². The molecule has 0 saturated heterocycles. The highest BCUT2D eigenvalue weighted by atomic mass is 35.5. The Kier molecular flexibility index (Phi) is 5.30. The van der Waals surface area contributed by atoms with Gasteiger partial charge in [-0.25, -0.2) is 0 Å². The molecular weight excluding hydrogens is 342 g/mol. The van der Waals surface area contributed by atoms with E-state index in [-0.39, 0.29) is 19.1 Å². The van der Waals surface area contributed by atoms with E-state index in [0.29, 0.717) is 22.6 Å². The first-order valence-corrected chi connectivity index (χ1v) is 8.02. The standard InChI is InChI=1S/C18H16ClN3O3/c1-12-3-2-4-13(9-12)18-22-21-17(25-18)10-20-16(23)11-24-15-7-5-14(19)6-8-15/h2-9H,10-11H2,1H3,(H,20,23). The number of aromatic nitrogens is 2. The number of hydrogen-bond acceptors (Lipinski definition) is 5. The fraction of sp³-hybridized carbons (Fsp3) is 0.167. The monoisotopic (exact) mass is 357 g/mol. The molecular formula is C18H16ClN3O3. The molecule has 0 aliphatic heterocycles. The molecule has 3 aromatic rings. The van der Waals surface area contributed by atoms with Gasteiger partial charge >= 0.3 is 0 Å². The summed E-state index contributed by atoms with van der Waals surface area (Å²) < 4.78 is 10.9. The van der Waals surface area contributed by atoms with Crippen LogP contribution in [0.2, 0.25) is 5.02 Å². The Morgan fingerprint density at radius 2 is 2.00 bits per heavy atom. The average Bonchev–Trinajstić information content (AvgIpc) is 3.08. The van der Waals surface area contributed by atoms with Crippen LogP contribution in [0.1, 0.15) is 11.5 Å². The number of aryl methyl sites for hydroxylation is 1.